The average Bonchev–Trinajstić information content (AvgIpc) is 2.31. The number of halogens is 1. The molecule has 1 saturated heterocycles. The van der Waals surface area contributed by atoms with E-state index in [0.717, 1.165) is 0 Å². The standard InChI is InChI=1S/C7H9ClN4O7S/c8-1-4(13)10-20(18,19)11-6(15)12-2-3(5(12)14)9-7(16)17/h3,9H,1-2H2,(H,10,13)(H,11,15)(H,16,17). The van der Waals surface area contributed by atoms with Crippen LogP contribution in [0, 0.1) is 0 Å². The van der Waals surface area contributed by atoms with Crippen molar-refractivity contribution in [3.8, 4) is 0 Å². The second-order valence-corrected chi connectivity index (χ2v) is 5.20. The topological polar surface area (TPSA) is 162 Å². The molecule has 4 N–H and O–H groups in total. The highest BCUT2D eigenvalue weighted by Gasteiger charge is 2.42. The van der Waals surface area contributed by atoms with Crippen LogP contribution in [-0.2, 0) is 19.8 Å². The van der Waals surface area contributed by atoms with Crippen LogP contribution in [0.15, 0.2) is 0 Å². The number of nitrogens with one attached hydrogen (secondary N) is 3. The molecule has 1 rings (SSSR count). The van der Waals surface area contributed by atoms with Gasteiger partial charge in [0.1, 0.15) is 11.9 Å². The third-order valence-corrected chi connectivity index (χ3v) is 3.25. The van der Waals surface area contributed by atoms with Crippen LogP contribution in [0.2, 0.25) is 0 Å². The summed E-state index contributed by atoms with van der Waals surface area (Å²) in [6.07, 6.45) is -1.45. The molecule has 5 amide bonds. The normalized spacial score (nSPS) is 17.9. The molecule has 1 aliphatic rings. The van der Waals surface area contributed by atoms with E-state index in [-0.39, 0.29) is 6.54 Å². The first kappa shape index (κ1) is 16.0. The lowest BCUT2D eigenvalue weighted by atomic mass is 10.1. The van der Waals surface area contributed by atoms with Gasteiger partial charge in [-0.15, -0.1) is 11.6 Å². The summed E-state index contributed by atoms with van der Waals surface area (Å²) in [5.41, 5.74) is 0. The van der Waals surface area contributed by atoms with E-state index in [9.17, 15) is 27.6 Å². The molecule has 0 aromatic carbocycles. The number of amides is 5. The third kappa shape index (κ3) is 3.96. The maximum absolute atomic E-state index is 11.4. The van der Waals surface area contributed by atoms with Gasteiger partial charge >= 0.3 is 22.3 Å². The van der Waals surface area contributed by atoms with Crippen LogP contribution in [0.4, 0.5) is 9.59 Å². The van der Waals surface area contributed by atoms with E-state index in [2.05, 4.69) is 0 Å². The van der Waals surface area contributed by atoms with Crippen molar-refractivity contribution in [3.63, 3.8) is 0 Å². The molecule has 1 atom stereocenters. The molecule has 1 aliphatic heterocycles. The lowest BCUT2D eigenvalue weighted by molar-refractivity contribution is -0.139. The fourth-order valence-electron chi connectivity index (χ4n) is 1.24. The highest BCUT2D eigenvalue weighted by atomic mass is 35.5. The number of nitrogens with zero attached hydrogens (tertiary/aromatic N) is 1. The highest BCUT2D eigenvalue weighted by Crippen LogP contribution is 2.10. The van der Waals surface area contributed by atoms with Gasteiger partial charge in [-0.05, 0) is 0 Å². The molecule has 0 aromatic rings. The summed E-state index contributed by atoms with van der Waals surface area (Å²) in [5.74, 6) is -2.61. The summed E-state index contributed by atoms with van der Waals surface area (Å²) >= 11 is 5.07. The molecule has 1 fully saturated rings. The fraction of sp³-hybridized carbons (Fsp3) is 0.429. The van der Waals surface area contributed by atoms with E-state index < -0.39 is 46.1 Å². The Morgan fingerprint density at radius 1 is 1.35 bits per heavy atom. The number of imide groups is 1. The summed E-state index contributed by atoms with van der Waals surface area (Å²) in [5, 5.41) is 10.2. The first-order valence-corrected chi connectivity index (χ1v) is 6.92. The zero-order chi connectivity index (χ0) is 15.5. The van der Waals surface area contributed by atoms with E-state index in [1.165, 1.54) is 9.44 Å². The van der Waals surface area contributed by atoms with Crippen LogP contribution in [0.25, 0.3) is 0 Å². The van der Waals surface area contributed by atoms with E-state index in [4.69, 9.17) is 16.7 Å². The van der Waals surface area contributed by atoms with Gasteiger partial charge in [0.15, 0.2) is 0 Å². The highest BCUT2D eigenvalue weighted by molar-refractivity contribution is 7.88. The van der Waals surface area contributed by atoms with Crippen molar-refractivity contribution in [1.29, 1.82) is 0 Å². The molecule has 112 valence electrons. The quantitative estimate of drug-likeness (QED) is 0.335. The van der Waals surface area contributed by atoms with E-state index >= 15 is 0 Å². The summed E-state index contributed by atoms with van der Waals surface area (Å²) < 4.78 is 25.3. The van der Waals surface area contributed by atoms with E-state index in [1.807, 2.05) is 5.32 Å². The van der Waals surface area contributed by atoms with Gasteiger partial charge < -0.3 is 10.4 Å². The van der Waals surface area contributed by atoms with E-state index in [1.54, 1.807) is 0 Å². The minimum atomic E-state index is -4.49. The second-order valence-electron chi connectivity index (χ2n) is 3.52. The molecule has 0 saturated carbocycles. The van der Waals surface area contributed by atoms with Gasteiger partial charge in [0.2, 0.25) is 5.91 Å². The number of carbonyl (C=O) groups excluding carboxylic acids is 3. The molecule has 0 aliphatic carbocycles. The Kier molecular flexibility index (Phi) is 4.73. The Morgan fingerprint density at radius 3 is 2.40 bits per heavy atom. The molecule has 1 heterocycles. The maximum Gasteiger partial charge on any atom is 0.405 e. The molecule has 20 heavy (non-hydrogen) atoms. The molecule has 13 heteroatoms. The summed E-state index contributed by atoms with van der Waals surface area (Å²) in [6.45, 7) is -0.323. The number of carboxylic acid groups (broad SMARTS) is 1. The van der Waals surface area contributed by atoms with Gasteiger partial charge in [0, 0.05) is 0 Å². The minimum absolute atomic E-state index is 0.323. The zero-order valence-corrected chi connectivity index (χ0v) is 11.2. The first-order chi connectivity index (χ1) is 9.16. The Balaban J connectivity index is 2.55. The predicted octanol–water partition coefficient (Wildman–Crippen LogP) is -2.23. The molecule has 11 nitrogen and oxygen atoms in total. The number of β-lactam (4-membered cyclic amide) rings is 1. The van der Waals surface area contributed by atoms with Gasteiger partial charge in [0.05, 0.1) is 6.54 Å². The van der Waals surface area contributed by atoms with Gasteiger partial charge in [-0.3, -0.25) is 14.5 Å². The molecular weight excluding hydrogens is 320 g/mol. The summed E-state index contributed by atoms with van der Waals surface area (Å²) in [6, 6.07) is -2.42. The van der Waals surface area contributed by atoms with Crippen LogP contribution >= 0.6 is 11.6 Å². The SMILES string of the molecule is O=C(O)NC1CN(C(=O)NS(=O)(=O)NC(=O)CCl)C1=O. The number of carbonyl (C=O) groups is 4. The molecule has 0 radical (unpaired) electrons. The molecular formula is C7H9ClN4O7S. The largest absolute Gasteiger partial charge is 0.465 e. The van der Waals surface area contributed by atoms with Gasteiger partial charge in [-0.2, -0.15) is 8.42 Å². The Bertz CT molecular complexity index is 562. The van der Waals surface area contributed by atoms with Crippen LogP contribution in [0.1, 0.15) is 0 Å². The van der Waals surface area contributed by atoms with E-state index in [0.29, 0.717) is 4.90 Å². The number of rotatable bonds is 4. The monoisotopic (exact) mass is 328 g/mol. The van der Waals surface area contributed by atoms with Crippen LogP contribution in [0.5, 0.6) is 0 Å². The lowest BCUT2D eigenvalue weighted by Gasteiger charge is -2.35. The first-order valence-electron chi connectivity index (χ1n) is 4.90. The zero-order valence-electron chi connectivity index (χ0n) is 9.62. The maximum atomic E-state index is 11.4. The number of hydrogen-bond acceptors (Lipinski definition) is 6. The fourth-order valence-corrected chi connectivity index (χ4v) is 2.15. The number of urea groups is 1. The smallest absolute Gasteiger partial charge is 0.405 e. The summed E-state index contributed by atoms with van der Waals surface area (Å²) in [7, 11) is -4.49. The van der Waals surface area contributed by atoms with Gasteiger partial charge in [0.25, 0.3) is 5.91 Å². The van der Waals surface area contributed by atoms with Crippen LogP contribution < -0.4 is 14.8 Å². The second kappa shape index (κ2) is 5.92. The number of hydrogen-bond donors (Lipinski definition) is 4. The van der Waals surface area contributed by atoms with Gasteiger partial charge in [-0.25, -0.2) is 19.0 Å². The number of likely N-dealkylation sites (tertiary alicyclic amines) is 1. The van der Waals surface area contributed by atoms with Gasteiger partial charge in [-0.1, -0.05) is 0 Å². The molecule has 0 aromatic heterocycles. The Hall–Kier alpha value is -2.08. The van der Waals surface area contributed by atoms with Crippen molar-refractivity contribution in [2.45, 2.75) is 6.04 Å². The van der Waals surface area contributed by atoms with Crippen molar-refractivity contribution < 1.29 is 32.7 Å². The lowest BCUT2D eigenvalue weighted by Crippen LogP contribution is -2.67. The molecule has 1 unspecified atom stereocenters. The Morgan fingerprint density at radius 2 is 1.95 bits per heavy atom. The Labute approximate surface area is 117 Å². The third-order valence-electron chi connectivity index (χ3n) is 2.06. The molecule has 0 spiro atoms. The van der Waals surface area contributed by atoms with Crippen molar-refractivity contribution in [1.82, 2.24) is 19.7 Å². The molecule has 0 bridgehead atoms. The summed E-state index contributed by atoms with van der Waals surface area (Å²) in [4.78, 5) is 44.3. The van der Waals surface area contributed by atoms with Crippen molar-refractivity contribution in [2.75, 3.05) is 12.4 Å². The van der Waals surface area contributed by atoms with Crippen LogP contribution in [-0.4, -0.2) is 60.8 Å². The predicted molar refractivity (Wildman–Crippen MR) is 63.0 cm³/mol. The van der Waals surface area contributed by atoms with Crippen molar-refractivity contribution in [2.24, 2.45) is 0 Å². The minimum Gasteiger partial charge on any atom is -0.465 e. The van der Waals surface area contributed by atoms with Crippen molar-refractivity contribution >= 4 is 45.7 Å². The van der Waals surface area contributed by atoms with Crippen LogP contribution in [0.3, 0.4) is 0 Å². The average molecular weight is 329 g/mol. The number of alkyl halides is 1. The van der Waals surface area contributed by atoms with Crippen molar-refractivity contribution in [3.05, 3.63) is 0 Å².